The predicted molar refractivity (Wildman–Crippen MR) is 86.8 cm³/mol. The van der Waals surface area contributed by atoms with Crippen LogP contribution in [-0.4, -0.2) is 25.0 Å². The number of hydrogen-bond acceptors (Lipinski definition) is 3. The summed E-state index contributed by atoms with van der Waals surface area (Å²) in [5.74, 6) is 0.136. The first-order valence-corrected chi connectivity index (χ1v) is 7.66. The number of fused-ring (bicyclic) bond motifs is 1. The largest absolute Gasteiger partial charge is 0.352 e. The van der Waals surface area contributed by atoms with Crippen molar-refractivity contribution in [1.82, 2.24) is 10.6 Å². The van der Waals surface area contributed by atoms with Gasteiger partial charge in [-0.3, -0.25) is 4.79 Å². The molecule has 1 aliphatic heterocycles. The van der Waals surface area contributed by atoms with Crippen molar-refractivity contribution in [1.29, 1.82) is 0 Å². The molecule has 1 aromatic carbocycles. The van der Waals surface area contributed by atoms with Crippen molar-refractivity contribution < 1.29 is 4.79 Å². The van der Waals surface area contributed by atoms with Crippen LogP contribution in [0.25, 0.3) is 10.1 Å². The molecule has 2 aromatic rings. The first-order valence-electron chi connectivity index (χ1n) is 6.78. The lowest BCUT2D eigenvalue weighted by Gasteiger charge is -2.23. The summed E-state index contributed by atoms with van der Waals surface area (Å²) in [6.45, 7) is 1.97. The van der Waals surface area contributed by atoms with Crippen molar-refractivity contribution in [3.05, 3.63) is 35.2 Å². The summed E-state index contributed by atoms with van der Waals surface area (Å²) in [5, 5.41) is 9.75. The Balaban J connectivity index is 0.00000147. The number of carbonyl (C=O) groups is 1. The Morgan fingerprint density at radius 1 is 1.40 bits per heavy atom. The fraction of sp³-hybridized carbons (Fsp3) is 0.400. The zero-order valence-electron chi connectivity index (χ0n) is 11.2. The molecule has 108 valence electrons. The third-order valence-electron chi connectivity index (χ3n) is 3.57. The van der Waals surface area contributed by atoms with Gasteiger partial charge in [-0.1, -0.05) is 18.2 Å². The van der Waals surface area contributed by atoms with E-state index in [9.17, 15) is 4.79 Å². The van der Waals surface area contributed by atoms with Gasteiger partial charge in [0.2, 0.25) is 5.91 Å². The van der Waals surface area contributed by atoms with Gasteiger partial charge >= 0.3 is 0 Å². The number of hydrogen-bond donors (Lipinski definition) is 2. The molecule has 0 aliphatic carbocycles. The first-order chi connectivity index (χ1) is 9.33. The van der Waals surface area contributed by atoms with Gasteiger partial charge in [-0.2, -0.15) is 0 Å². The molecule has 0 unspecified atom stereocenters. The summed E-state index contributed by atoms with van der Waals surface area (Å²) in [6.07, 6.45) is 2.72. The predicted octanol–water partition coefficient (Wildman–Crippen LogP) is 2.73. The minimum Gasteiger partial charge on any atom is -0.352 e. The summed E-state index contributed by atoms with van der Waals surface area (Å²) < 4.78 is 1.25. The lowest BCUT2D eigenvalue weighted by Crippen LogP contribution is -2.46. The smallest absolute Gasteiger partial charge is 0.224 e. The van der Waals surface area contributed by atoms with E-state index in [2.05, 4.69) is 28.1 Å². The zero-order chi connectivity index (χ0) is 13.1. The lowest BCUT2D eigenvalue weighted by atomic mass is 10.1. The van der Waals surface area contributed by atoms with E-state index in [1.165, 1.54) is 10.1 Å². The maximum Gasteiger partial charge on any atom is 0.224 e. The molecule has 3 nitrogen and oxygen atoms in total. The molecule has 5 heteroatoms. The monoisotopic (exact) mass is 310 g/mol. The Morgan fingerprint density at radius 3 is 3.05 bits per heavy atom. The number of carbonyl (C=O) groups excluding carboxylic acids is 1. The van der Waals surface area contributed by atoms with Crippen LogP contribution >= 0.6 is 23.7 Å². The van der Waals surface area contributed by atoms with Crippen LogP contribution in [-0.2, 0) is 11.2 Å². The third-order valence-corrected chi connectivity index (χ3v) is 4.59. The number of nitrogens with one attached hydrogen (secondary N) is 2. The molecule has 1 saturated heterocycles. The highest BCUT2D eigenvalue weighted by Crippen LogP contribution is 2.25. The summed E-state index contributed by atoms with van der Waals surface area (Å²) in [4.78, 5) is 12.1. The molecule has 1 fully saturated rings. The van der Waals surface area contributed by atoms with Gasteiger partial charge in [0, 0.05) is 17.3 Å². The molecule has 0 spiro atoms. The third kappa shape index (κ3) is 3.51. The van der Waals surface area contributed by atoms with Gasteiger partial charge in [0.05, 0.1) is 6.42 Å². The van der Waals surface area contributed by atoms with E-state index >= 15 is 0 Å². The van der Waals surface area contributed by atoms with Crippen LogP contribution < -0.4 is 10.6 Å². The molecule has 1 atom stereocenters. The van der Waals surface area contributed by atoms with Crippen LogP contribution in [0.4, 0.5) is 0 Å². The number of amides is 1. The fourth-order valence-corrected chi connectivity index (χ4v) is 3.56. The average Bonchev–Trinajstić information content (AvgIpc) is 2.83. The van der Waals surface area contributed by atoms with Crippen LogP contribution in [0.15, 0.2) is 29.6 Å². The average molecular weight is 311 g/mol. The number of piperidine rings is 1. The van der Waals surface area contributed by atoms with E-state index in [0.29, 0.717) is 12.5 Å². The van der Waals surface area contributed by atoms with Gasteiger partial charge < -0.3 is 10.6 Å². The molecule has 2 heterocycles. The van der Waals surface area contributed by atoms with Crippen LogP contribution in [0.1, 0.15) is 18.4 Å². The van der Waals surface area contributed by atoms with Crippen molar-refractivity contribution in [3.63, 3.8) is 0 Å². The summed E-state index contributed by atoms with van der Waals surface area (Å²) in [7, 11) is 0. The highest BCUT2D eigenvalue weighted by molar-refractivity contribution is 7.17. The van der Waals surface area contributed by atoms with Crippen molar-refractivity contribution in [2.45, 2.75) is 25.3 Å². The SMILES string of the molecule is Cl.O=C(Cc1csc2ccccc12)N[C@H]1CCCNC1. The number of thiophene rings is 1. The molecule has 0 saturated carbocycles. The molecule has 0 radical (unpaired) electrons. The van der Waals surface area contributed by atoms with Gasteiger partial charge in [0.15, 0.2) is 0 Å². The minimum atomic E-state index is 0. The number of benzene rings is 1. The molecule has 20 heavy (non-hydrogen) atoms. The van der Waals surface area contributed by atoms with Crippen molar-refractivity contribution >= 4 is 39.7 Å². The number of halogens is 1. The quantitative estimate of drug-likeness (QED) is 0.915. The van der Waals surface area contributed by atoms with Gasteiger partial charge in [0.1, 0.15) is 0 Å². The Labute approximate surface area is 129 Å². The van der Waals surface area contributed by atoms with E-state index in [1.54, 1.807) is 11.3 Å². The van der Waals surface area contributed by atoms with E-state index in [-0.39, 0.29) is 18.3 Å². The van der Waals surface area contributed by atoms with Crippen LogP contribution in [0, 0.1) is 0 Å². The first kappa shape index (κ1) is 15.3. The Bertz CT molecular complexity index is 578. The summed E-state index contributed by atoms with van der Waals surface area (Å²) in [5.41, 5.74) is 1.14. The number of rotatable bonds is 3. The van der Waals surface area contributed by atoms with Gasteiger partial charge in [-0.15, -0.1) is 23.7 Å². The summed E-state index contributed by atoms with van der Waals surface area (Å²) >= 11 is 1.71. The van der Waals surface area contributed by atoms with E-state index in [4.69, 9.17) is 0 Å². The Morgan fingerprint density at radius 2 is 2.25 bits per heavy atom. The highest BCUT2D eigenvalue weighted by atomic mass is 35.5. The highest BCUT2D eigenvalue weighted by Gasteiger charge is 2.16. The normalized spacial score (nSPS) is 18.5. The second kappa shape index (κ2) is 7.07. The zero-order valence-corrected chi connectivity index (χ0v) is 12.9. The van der Waals surface area contributed by atoms with Crippen molar-refractivity contribution in [2.24, 2.45) is 0 Å². The van der Waals surface area contributed by atoms with Crippen molar-refractivity contribution in [2.75, 3.05) is 13.1 Å². The molecule has 0 bridgehead atoms. The lowest BCUT2D eigenvalue weighted by molar-refractivity contribution is -0.121. The topological polar surface area (TPSA) is 41.1 Å². The Hall–Kier alpha value is -1.10. The fourth-order valence-electron chi connectivity index (χ4n) is 2.60. The van der Waals surface area contributed by atoms with E-state index in [0.717, 1.165) is 31.5 Å². The standard InChI is InChI=1S/C15H18N2OS.ClH/c18-15(17-12-4-3-7-16-9-12)8-11-10-19-14-6-2-1-5-13(11)14;/h1-2,5-6,10,12,16H,3-4,7-9H2,(H,17,18);1H/t12-;/m0./s1. The molecule has 3 rings (SSSR count). The molecular weight excluding hydrogens is 292 g/mol. The molecule has 1 aromatic heterocycles. The van der Waals surface area contributed by atoms with Crippen LogP contribution in [0.5, 0.6) is 0 Å². The molecule has 2 N–H and O–H groups in total. The van der Waals surface area contributed by atoms with Crippen molar-refractivity contribution in [3.8, 4) is 0 Å². The second-order valence-corrected chi connectivity index (χ2v) is 5.96. The molecular formula is C15H19ClN2OS. The van der Waals surface area contributed by atoms with Crippen LogP contribution in [0.3, 0.4) is 0 Å². The van der Waals surface area contributed by atoms with Crippen LogP contribution in [0.2, 0.25) is 0 Å². The molecule has 1 amide bonds. The van der Waals surface area contributed by atoms with E-state index in [1.807, 2.05) is 12.1 Å². The molecule has 1 aliphatic rings. The maximum absolute atomic E-state index is 12.1. The van der Waals surface area contributed by atoms with Gasteiger partial charge in [0.25, 0.3) is 0 Å². The maximum atomic E-state index is 12.1. The van der Waals surface area contributed by atoms with E-state index < -0.39 is 0 Å². The second-order valence-electron chi connectivity index (χ2n) is 5.04. The van der Waals surface area contributed by atoms with Gasteiger partial charge in [-0.25, -0.2) is 0 Å². The Kier molecular flexibility index (Phi) is 5.40. The minimum absolute atomic E-state index is 0. The van der Waals surface area contributed by atoms with Gasteiger partial charge in [-0.05, 0) is 41.8 Å². The summed E-state index contributed by atoms with van der Waals surface area (Å²) in [6, 6.07) is 8.56.